The van der Waals surface area contributed by atoms with Gasteiger partial charge in [-0.25, -0.2) is 9.78 Å². The first-order valence-electron chi connectivity index (χ1n) is 8.16. The molecular weight excluding hydrogens is 308 g/mol. The van der Waals surface area contributed by atoms with E-state index >= 15 is 0 Å². The zero-order valence-corrected chi connectivity index (χ0v) is 13.3. The van der Waals surface area contributed by atoms with Gasteiger partial charge in [0.15, 0.2) is 11.7 Å². The van der Waals surface area contributed by atoms with Gasteiger partial charge in [-0.1, -0.05) is 30.3 Å². The molecule has 1 aromatic carbocycles. The summed E-state index contributed by atoms with van der Waals surface area (Å²) in [6.45, 7) is 0. The van der Waals surface area contributed by atoms with E-state index in [1.807, 2.05) is 30.3 Å². The molecule has 126 valence electrons. The quantitative estimate of drug-likeness (QED) is 0.777. The first-order chi connectivity index (χ1) is 11.6. The second kappa shape index (κ2) is 7.29. The van der Waals surface area contributed by atoms with Crippen LogP contribution in [0.5, 0.6) is 0 Å². The van der Waals surface area contributed by atoms with Crippen LogP contribution in [0.25, 0.3) is 11.3 Å². The molecule has 0 bridgehead atoms. The average Bonchev–Trinajstić information content (AvgIpc) is 3.31. The van der Waals surface area contributed by atoms with Gasteiger partial charge < -0.3 is 14.8 Å². The molecule has 6 nitrogen and oxygen atoms in total. The van der Waals surface area contributed by atoms with Crippen LogP contribution in [-0.2, 0) is 16.0 Å². The third-order valence-electron chi connectivity index (χ3n) is 4.08. The monoisotopic (exact) mass is 328 g/mol. The Hall–Kier alpha value is -2.63. The predicted molar refractivity (Wildman–Crippen MR) is 87.2 cm³/mol. The van der Waals surface area contributed by atoms with E-state index < -0.39 is 12.0 Å². The molecule has 1 aromatic heterocycles. The van der Waals surface area contributed by atoms with Crippen LogP contribution in [0.4, 0.5) is 0 Å². The van der Waals surface area contributed by atoms with Crippen molar-refractivity contribution in [2.45, 2.75) is 38.1 Å². The molecule has 1 aliphatic rings. The second-order valence-electron chi connectivity index (χ2n) is 6.06. The molecule has 1 saturated carbocycles. The minimum Gasteiger partial charge on any atom is -0.480 e. The van der Waals surface area contributed by atoms with Crippen molar-refractivity contribution >= 4 is 11.9 Å². The van der Waals surface area contributed by atoms with Crippen molar-refractivity contribution in [1.82, 2.24) is 10.3 Å². The van der Waals surface area contributed by atoms with Crippen LogP contribution in [0.3, 0.4) is 0 Å². The molecule has 1 heterocycles. The fourth-order valence-corrected chi connectivity index (χ4v) is 2.62. The van der Waals surface area contributed by atoms with Crippen molar-refractivity contribution in [1.29, 1.82) is 0 Å². The minimum atomic E-state index is -0.953. The number of oxazole rings is 1. The highest BCUT2D eigenvalue weighted by Gasteiger charge is 2.37. The number of amides is 1. The number of aromatic nitrogens is 1. The summed E-state index contributed by atoms with van der Waals surface area (Å²) in [7, 11) is 0. The van der Waals surface area contributed by atoms with Crippen LogP contribution < -0.4 is 5.32 Å². The maximum atomic E-state index is 11.9. The van der Waals surface area contributed by atoms with Crippen LogP contribution in [0, 0.1) is 5.92 Å². The van der Waals surface area contributed by atoms with E-state index in [1.54, 1.807) is 6.20 Å². The number of carboxylic acid groups (broad SMARTS) is 1. The Bertz CT molecular complexity index is 707. The number of hydrogen-bond donors (Lipinski definition) is 2. The summed E-state index contributed by atoms with van der Waals surface area (Å²) in [5.41, 5.74) is 0.961. The summed E-state index contributed by atoms with van der Waals surface area (Å²) in [6.07, 6.45) is 4.79. The highest BCUT2D eigenvalue weighted by atomic mass is 16.4. The summed E-state index contributed by atoms with van der Waals surface area (Å²) < 4.78 is 5.68. The van der Waals surface area contributed by atoms with Gasteiger partial charge in [0, 0.05) is 18.4 Å². The number of benzene rings is 1. The summed E-state index contributed by atoms with van der Waals surface area (Å²) in [5, 5.41) is 11.7. The molecule has 2 aromatic rings. The third kappa shape index (κ3) is 4.22. The molecule has 1 aliphatic carbocycles. The van der Waals surface area contributed by atoms with Gasteiger partial charge in [-0.15, -0.1) is 0 Å². The van der Waals surface area contributed by atoms with Gasteiger partial charge in [0.25, 0.3) is 0 Å². The Morgan fingerprint density at radius 1 is 1.29 bits per heavy atom. The van der Waals surface area contributed by atoms with Gasteiger partial charge in [-0.2, -0.15) is 0 Å². The van der Waals surface area contributed by atoms with Gasteiger partial charge in [0.1, 0.15) is 6.04 Å². The number of carbonyl (C=O) groups excluding carboxylic acids is 1. The highest BCUT2D eigenvalue weighted by Crippen LogP contribution is 2.32. The molecule has 3 rings (SSSR count). The number of aliphatic carboxylic acids is 1. The fourth-order valence-electron chi connectivity index (χ4n) is 2.62. The topological polar surface area (TPSA) is 92.4 Å². The van der Waals surface area contributed by atoms with Gasteiger partial charge in [0.05, 0.1) is 6.20 Å². The molecule has 24 heavy (non-hydrogen) atoms. The maximum Gasteiger partial charge on any atom is 0.326 e. The van der Waals surface area contributed by atoms with E-state index in [1.165, 1.54) is 0 Å². The number of carboxylic acids is 1. The molecule has 0 radical (unpaired) electrons. The third-order valence-corrected chi connectivity index (χ3v) is 4.08. The zero-order chi connectivity index (χ0) is 16.9. The standard InChI is InChI=1S/C18H20N2O4/c21-15(20-17(18(22)23)13-9-10-13)7-4-8-16-19-11-14(24-16)12-5-2-1-3-6-12/h1-3,5-6,11,13,17H,4,7-10H2,(H,20,21)(H,22,23). The molecule has 1 atom stereocenters. The largest absolute Gasteiger partial charge is 0.480 e. The molecule has 0 aliphatic heterocycles. The lowest BCUT2D eigenvalue weighted by molar-refractivity contribution is -0.142. The van der Waals surface area contributed by atoms with E-state index in [9.17, 15) is 9.59 Å². The number of aryl methyl sites for hydroxylation is 1. The van der Waals surface area contributed by atoms with Crippen LogP contribution in [0.15, 0.2) is 40.9 Å². The normalized spacial score (nSPS) is 15.0. The zero-order valence-electron chi connectivity index (χ0n) is 13.3. The van der Waals surface area contributed by atoms with E-state index in [0.717, 1.165) is 18.4 Å². The van der Waals surface area contributed by atoms with Crippen molar-refractivity contribution < 1.29 is 19.1 Å². The Labute approximate surface area is 139 Å². The molecule has 1 amide bonds. The van der Waals surface area contributed by atoms with Crippen molar-refractivity contribution in [3.8, 4) is 11.3 Å². The van der Waals surface area contributed by atoms with Crippen molar-refractivity contribution in [2.24, 2.45) is 5.92 Å². The Kier molecular flexibility index (Phi) is 4.93. The van der Waals surface area contributed by atoms with Crippen molar-refractivity contribution in [3.63, 3.8) is 0 Å². The molecular formula is C18H20N2O4. The number of nitrogens with one attached hydrogen (secondary N) is 1. The smallest absolute Gasteiger partial charge is 0.326 e. The van der Waals surface area contributed by atoms with E-state index in [-0.39, 0.29) is 18.2 Å². The Morgan fingerprint density at radius 2 is 2.04 bits per heavy atom. The Balaban J connectivity index is 1.45. The summed E-state index contributed by atoms with van der Waals surface area (Å²) in [4.78, 5) is 27.2. The number of carbonyl (C=O) groups is 2. The molecule has 1 fully saturated rings. The molecule has 0 spiro atoms. The lowest BCUT2D eigenvalue weighted by Gasteiger charge is -2.13. The first-order valence-corrected chi connectivity index (χ1v) is 8.16. The fraction of sp³-hybridized carbons (Fsp3) is 0.389. The average molecular weight is 328 g/mol. The second-order valence-corrected chi connectivity index (χ2v) is 6.06. The highest BCUT2D eigenvalue weighted by molar-refractivity contribution is 5.84. The summed E-state index contributed by atoms with van der Waals surface area (Å²) in [5.74, 6) is 0.190. The van der Waals surface area contributed by atoms with Crippen LogP contribution in [-0.4, -0.2) is 28.0 Å². The predicted octanol–water partition coefficient (Wildman–Crippen LogP) is 2.64. The van der Waals surface area contributed by atoms with Crippen molar-refractivity contribution in [3.05, 3.63) is 42.4 Å². The number of nitrogens with zero attached hydrogens (tertiary/aromatic N) is 1. The van der Waals surface area contributed by atoms with E-state index in [0.29, 0.717) is 24.5 Å². The molecule has 0 saturated heterocycles. The summed E-state index contributed by atoms with van der Waals surface area (Å²) >= 11 is 0. The van der Waals surface area contributed by atoms with Crippen LogP contribution in [0.2, 0.25) is 0 Å². The lowest BCUT2D eigenvalue weighted by Crippen LogP contribution is -2.42. The summed E-state index contributed by atoms with van der Waals surface area (Å²) in [6, 6.07) is 8.94. The molecule has 1 unspecified atom stereocenters. The van der Waals surface area contributed by atoms with Gasteiger partial charge >= 0.3 is 5.97 Å². The minimum absolute atomic E-state index is 0.0895. The van der Waals surface area contributed by atoms with Crippen LogP contribution >= 0.6 is 0 Å². The number of rotatable bonds is 8. The van der Waals surface area contributed by atoms with Gasteiger partial charge in [-0.05, 0) is 25.2 Å². The molecule has 2 N–H and O–H groups in total. The Morgan fingerprint density at radius 3 is 2.71 bits per heavy atom. The van der Waals surface area contributed by atoms with Crippen molar-refractivity contribution in [2.75, 3.05) is 0 Å². The van der Waals surface area contributed by atoms with E-state index in [2.05, 4.69) is 10.3 Å². The lowest BCUT2D eigenvalue weighted by atomic mass is 10.1. The first kappa shape index (κ1) is 16.2. The molecule has 6 heteroatoms. The SMILES string of the molecule is O=C(CCCc1ncc(-c2ccccc2)o1)NC(C(=O)O)C1CC1. The van der Waals surface area contributed by atoms with E-state index in [4.69, 9.17) is 9.52 Å². The van der Waals surface area contributed by atoms with Gasteiger partial charge in [-0.3, -0.25) is 4.79 Å². The van der Waals surface area contributed by atoms with Gasteiger partial charge in [0.2, 0.25) is 5.91 Å². The number of hydrogen-bond acceptors (Lipinski definition) is 4. The maximum absolute atomic E-state index is 11.9. The van der Waals surface area contributed by atoms with Crippen LogP contribution in [0.1, 0.15) is 31.6 Å².